The molecule has 0 saturated carbocycles. The fourth-order valence-corrected chi connectivity index (χ4v) is 7.86. The summed E-state index contributed by atoms with van der Waals surface area (Å²) in [5.41, 5.74) is 8.60. The van der Waals surface area contributed by atoms with Crippen LogP contribution in [0, 0.1) is 41.5 Å². The van der Waals surface area contributed by atoms with Gasteiger partial charge in [-0.1, -0.05) is 12.1 Å². The van der Waals surface area contributed by atoms with Crippen LogP contribution < -0.4 is 4.74 Å². The van der Waals surface area contributed by atoms with Gasteiger partial charge in [0.1, 0.15) is 11.6 Å². The second-order valence-corrected chi connectivity index (χ2v) is 11.9. The summed E-state index contributed by atoms with van der Waals surface area (Å²) in [7, 11) is 0. The first-order chi connectivity index (χ1) is 15.9. The molecule has 1 aliphatic heterocycles. The summed E-state index contributed by atoms with van der Waals surface area (Å²) in [5, 5.41) is 2.24. The van der Waals surface area contributed by atoms with Crippen molar-refractivity contribution >= 4 is 44.5 Å². The number of hydrogen-bond donors (Lipinski definition) is 0. The molecule has 0 unspecified atom stereocenters. The van der Waals surface area contributed by atoms with Crippen LogP contribution in [0.25, 0.3) is 21.8 Å². The topological polar surface area (TPSA) is 35.0 Å². The minimum atomic E-state index is -0.0887. The molecule has 0 fully saturated rings. The van der Waals surface area contributed by atoms with Crippen LogP contribution in [0.2, 0.25) is 0 Å². The first kappa shape index (κ1) is 20.8. The number of hydrogen-bond acceptors (Lipinski definition) is 5. The van der Waals surface area contributed by atoms with Crippen molar-refractivity contribution in [1.29, 1.82) is 0 Å². The molecule has 5 heterocycles. The van der Waals surface area contributed by atoms with Crippen LogP contribution >= 0.6 is 22.7 Å². The minimum absolute atomic E-state index is 0.0835. The first-order valence-corrected chi connectivity index (χ1v) is 13.0. The van der Waals surface area contributed by atoms with Crippen molar-refractivity contribution in [3.8, 4) is 5.75 Å². The van der Waals surface area contributed by atoms with Crippen LogP contribution in [-0.4, -0.2) is 9.97 Å². The number of benzene rings is 1. The van der Waals surface area contributed by atoms with Crippen molar-refractivity contribution in [3.05, 3.63) is 84.0 Å². The van der Waals surface area contributed by atoms with Crippen LogP contribution in [0.15, 0.2) is 36.7 Å². The maximum absolute atomic E-state index is 6.98. The third-order valence-electron chi connectivity index (χ3n) is 7.31. The van der Waals surface area contributed by atoms with Gasteiger partial charge >= 0.3 is 0 Å². The van der Waals surface area contributed by atoms with Gasteiger partial charge in [-0.05, 0) is 70.4 Å². The fourth-order valence-electron chi connectivity index (χ4n) is 5.65. The SMILES string of the molecule is Cc1sc(C)c([C@H]2c3c(c4ncccc4c4cccnc34)O[C@H]2c2c(C)sc(C)c2C)c1C. The molecule has 1 aliphatic rings. The van der Waals surface area contributed by atoms with E-state index >= 15 is 0 Å². The minimum Gasteiger partial charge on any atom is -0.482 e. The predicted octanol–water partition coefficient (Wildman–Crippen LogP) is 8.02. The van der Waals surface area contributed by atoms with Crippen molar-refractivity contribution in [3.63, 3.8) is 0 Å². The zero-order chi connectivity index (χ0) is 23.0. The lowest BCUT2D eigenvalue weighted by Gasteiger charge is -2.22. The van der Waals surface area contributed by atoms with Gasteiger partial charge in [-0.2, -0.15) is 0 Å². The van der Waals surface area contributed by atoms with E-state index in [4.69, 9.17) is 14.7 Å². The average molecular weight is 471 g/mol. The van der Waals surface area contributed by atoms with Gasteiger partial charge in [0.2, 0.25) is 0 Å². The van der Waals surface area contributed by atoms with Crippen LogP contribution in [0.1, 0.15) is 59.3 Å². The lowest BCUT2D eigenvalue weighted by molar-refractivity contribution is 0.223. The number of fused-ring (bicyclic) bond motifs is 6. The first-order valence-electron chi connectivity index (χ1n) is 11.3. The maximum Gasteiger partial charge on any atom is 0.152 e. The number of ether oxygens (including phenoxy) is 1. The molecule has 2 atom stereocenters. The molecule has 0 saturated heterocycles. The summed E-state index contributed by atoms with van der Waals surface area (Å²) in [6, 6.07) is 8.32. The highest BCUT2D eigenvalue weighted by Gasteiger charge is 2.44. The molecule has 5 heteroatoms. The van der Waals surface area contributed by atoms with Crippen molar-refractivity contribution in [2.24, 2.45) is 0 Å². The van der Waals surface area contributed by atoms with Crippen LogP contribution in [0.5, 0.6) is 5.75 Å². The Morgan fingerprint density at radius 3 is 1.79 bits per heavy atom. The molecule has 0 spiro atoms. The third-order valence-corrected chi connectivity index (χ3v) is 9.59. The average Bonchev–Trinajstić information content (AvgIpc) is 3.39. The van der Waals surface area contributed by atoms with E-state index in [1.54, 1.807) is 0 Å². The Labute approximate surface area is 202 Å². The maximum atomic E-state index is 6.98. The van der Waals surface area contributed by atoms with E-state index in [0.29, 0.717) is 0 Å². The van der Waals surface area contributed by atoms with Gasteiger partial charge in [0, 0.05) is 53.8 Å². The zero-order valence-corrected chi connectivity index (χ0v) is 21.4. The molecule has 0 N–H and O–H groups in total. The highest BCUT2D eigenvalue weighted by Crippen LogP contribution is 2.57. The van der Waals surface area contributed by atoms with Crippen molar-refractivity contribution < 1.29 is 4.74 Å². The summed E-state index contributed by atoms with van der Waals surface area (Å²) in [6.07, 6.45) is 3.68. The second-order valence-electron chi connectivity index (χ2n) is 9.06. The highest BCUT2D eigenvalue weighted by molar-refractivity contribution is 7.12. The molecule has 0 radical (unpaired) electrons. The molecule has 0 aliphatic carbocycles. The number of aryl methyl sites for hydroxylation is 4. The van der Waals surface area contributed by atoms with E-state index < -0.39 is 0 Å². The van der Waals surface area contributed by atoms with Gasteiger partial charge in [0.25, 0.3) is 0 Å². The molecule has 0 bridgehead atoms. The zero-order valence-electron chi connectivity index (χ0n) is 19.7. The normalized spacial score (nSPS) is 17.6. The van der Waals surface area contributed by atoms with E-state index in [1.165, 1.54) is 47.3 Å². The predicted molar refractivity (Wildman–Crippen MR) is 139 cm³/mol. The number of aromatic nitrogens is 2. The Bertz CT molecular complexity index is 1580. The summed E-state index contributed by atoms with van der Waals surface area (Å²) >= 11 is 3.76. The molecule has 0 amide bonds. The van der Waals surface area contributed by atoms with E-state index in [-0.39, 0.29) is 12.0 Å². The van der Waals surface area contributed by atoms with Gasteiger partial charge in [0.05, 0.1) is 11.4 Å². The standard InChI is InChI=1S/C28H26N2OS2/c1-13-15(3)32-17(5)21(13)23-24-25-19(9-7-11-29-25)20-10-8-12-30-26(20)28(24)31-27(23)22-14(2)16(4)33-18(22)6/h7-12,23,27H,1-6H3/t23-,27-/m0/s1. The van der Waals surface area contributed by atoms with Gasteiger partial charge in [-0.25, -0.2) is 0 Å². The van der Waals surface area contributed by atoms with Gasteiger partial charge < -0.3 is 4.74 Å². The molecular formula is C28H26N2OS2. The van der Waals surface area contributed by atoms with E-state index in [1.807, 2.05) is 47.2 Å². The number of pyridine rings is 2. The second kappa shape index (κ2) is 7.37. The lowest BCUT2D eigenvalue weighted by atomic mass is 9.81. The summed E-state index contributed by atoms with van der Waals surface area (Å²) in [6.45, 7) is 13.4. The van der Waals surface area contributed by atoms with Crippen LogP contribution in [0.3, 0.4) is 0 Å². The van der Waals surface area contributed by atoms with Crippen molar-refractivity contribution in [2.75, 3.05) is 0 Å². The fraction of sp³-hybridized carbons (Fsp3) is 0.286. The monoisotopic (exact) mass is 470 g/mol. The molecule has 1 aromatic carbocycles. The lowest BCUT2D eigenvalue weighted by Crippen LogP contribution is -2.14. The molecule has 6 rings (SSSR count). The largest absolute Gasteiger partial charge is 0.482 e. The van der Waals surface area contributed by atoms with Crippen LogP contribution in [-0.2, 0) is 0 Å². The van der Waals surface area contributed by atoms with E-state index in [2.05, 4.69) is 53.7 Å². The van der Waals surface area contributed by atoms with Crippen LogP contribution in [0.4, 0.5) is 0 Å². The number of rotatable bonds is 2. The molecule has 166 valence electrons. The highest BCUT2D eigenvalue weighted by atomic mass is 32.1. The van der Waals surface area contributed by atoms with Gasteiger partial charge in [0.15, 0.2) is 5.75 Å². The smallest absolute Gasteiger partial charge is 0.152 e. The summed E-state index contributed by atoms with van der Waals surface area (Å²) in [4.78, 5) is 15.2. The van der Waals surface area contributed by atoms with E-state index in [0.717, 1.165) is 27.6 Å². The third kappa shape index (κ3) is 2.85. The molecule has 4 aromatic heterocycles. The number of thiophene rings is 2. The number of nitrogens with zero attached hydrogens (tertiary/aromatic N) is 2. The van der Waals surface area contributed by atoms with Crippen molar-refractivity contribution in [2.45, 2.75) is 53.6 Å². The molecule has 3 nitrogen and oxygen atoms in total. The Hall–Kier alpha value is -2.76. The summed E-state index contributed by atoms with van der Waals surface area (Å²) in [5.74, 6) is 0.984. The molecule has 33 heavy (non-hydrogen) atoms. The van der Waals surface area contributed by atoms with Gasteiger partial charge in [-0.3, -0.25) is 9.97 Å². The Balaban J connectivity index is 1.76. The van der Waals surface area contributed by atoms with Crippen molar-refractivity contribution in [1.82, 2.24) is 9.97 Å². The van der Waals surface area contributed by atoms with E-state index in [9.17, 15) is 0 Å². The molecular weight excluding hydrogens is 444 g/mol. The quantitative estimate of drug-likeness (QED) is 0.245. The Kier molecular flexibility index (Phi) is 4.65. The van der Waals surface area contributed by atoms with Gasteiger partial charge in [-0.15, -0.1) is 22.7 Å². The summed E-state index contributed by atoms with van der Waals surface area (Å²) < 4.78 is 6.98. The Morgan fingerprint density at radius 1 is 0.667 bits per heavy atom. The molecule has 5 aromatic rings. The Morgan fingerprint density at radius 2 is 1.21 bits per heavy atom.